The van der Waals surface area contributed by atoms with Gasteiger partial charge in [-0.1, -0.05) is 0 Å². The predicted molar refractivity (Wildman–Crippen MR) is 56.3 cm³/mol. The first-order valence-electron chi connectivity index (χ1n) is 4.34. The van der Waals surface area contributed by atoms with Crippen LogP contribution in [0.15, 0.2) is 30.3 Å². The number of carboxylic acid groups (broad SMARTS) is 1. The molecule has 0 saturated heterocycles. The molecule has 0 fully saturated rings. The molecule has 88 valence electrons. The van der Waals surface area contributed by atoms with Crippen molar-refractivity contribution < 1.29 is 24.7 Å². The maximum Gasteiger partial charge on any atom is 0.376 e. The fraction of sp³-hybridized carbons (Fsp3) is 0. The van der Waals surface area contributed by atoms with E-state index in [0.717, 1.165) is 12.1 Å². The summed E-state index contributed by atoms with van der Waals surface area (Å²) < 4.78 is 0. The number of hydrogen-bond acceptors (Lipinski definition) is 5. The van der Waals surface area contributed by atoms with Gasteiger partial charge in [0.05, 0.1) is 4.92 Å². The van der Waals surface area contributed by atoms with Crippen LogP contribution >= 0.6 is 0 Å². The lowest BCUT2D eigenvalue weighted by atomic mass is 10.1. The molecule has 1 aromatic rings. The van der Waals surface area contributed by atoms with E-state index in [1.807, 2.05) is 0 Å². The van der Waals surface area contributed by atoms with Crippen molar-refractivity contribution in [2.75, 3.05) is 0 Å². The first-order valence-corrected chi connectivity index (χ1v) is 4.34. The molecule has 0 heterocycles. The fourth-order valence-electron chi connectivity index (χ4n) is 1.02. The zero-order valence-corrected chi connectivity index (χ0v) is 8.36. The van der Waals surface area contributed by atoms with Gasteiger partial charge >= 0.3 is 5.97 Å². The van der Waals surface area contributed by atoms with Crippen LogP contribution < -0.4 is 0 Å². The molecular formula is C10H7NO6. The number of non-ortho nitro benzene ring substituents is 1. The lowest BCUT2D eigenvalue weighted by Gasteiger charge is -1.98. The van der Waals surface area contributed by atoms with E-state index in [0.29, 0.717) is 6.08 Å². The number of aliphatic hydroxyl groups excluding tert-OH is 1. The van der Waals surface area contributed by atoms with E-state index in [1.54, 1.807) is 0 Å². The summed E-state index contributed by atoms with van der Waals surface area (Å²) in [4.78, 5) is 30.7. The van der Waals surface area contributed by atoms with Gasteiger partial charge in [-0.25, -0.2) is 4.79 Å². The number of carbonyl (C=O) groups is 2. The average Bonchev–Trinajstić information content (AvgIpc) is 2.28. The first-order chi connectivity index (χ1) is 7.91. The van der Waals surface area contributed by atoms with Crippen molar-refractivity contribution in [2.45, 2.75) is 0 Å². The van der Waals surface area contributed by atoms with Gasteiger partial charge in [0, 0.05) is 23.8 Å². The molecule has 7 nitrogen and oxygen atoms in total. The number of ketones is 1. The molecule has 0 aliphatic heterocycles. The van der Waals surface area contributed by atoms with Gasteiger partial charge in [0.1, 0.15) is 5.76 Å². The molecule has 17 heavy (non-hydrogen) atoms. The number of benzene rings is 1. The van der Waals surface area contributed by atoms with Gasteiger partial charge in [-0.15, -0.1) is 0 Å². The van der Waals surface area contributed by atoms with Crippen molar-refractivity contribution in [1.82, 2.24) is 0 Å². The second-order valence-corrected chi connectivity index (χ2v) is 3.00. The quantitative estimate of drug-likeness (QED) is 0.266. The van der Waals surface area contributed by atoms with E-state index in [4.69, 9.17) is 5.11 Å². The van der Waals surface area contributed by atoms with Crippen LogP contribution in [0, 0.1) is 10.1 Å². The number of aliphatic hydroxyl groups is 1. The van der Waals surface area contributed by atoms with E-state index in [2.05, 4.69) is 0 Å². The number of rotatable bonds is 4. The highest BCUT2D eigenvalue weighted by molar-refractivity contribution is 6.38. The Hall–Kier alpha value is -2.70. The van der Waals surface area contributed by atoms with E-state index < -0.39 is 22.4 Å². The van der Waals surface area contributed by atoms with Gasteiger partial charge in [-0.2, -0.15) is 0 Å². The molecule has 1 aromatic carbocycles. The molecule has 0 aliphatic rings. The molecule has 0 amide bonds. The Morgan fingerprint density at radius 3 is 2.12 bits per heavy atom. The minimum Gasteiger partial charge on any atom is -0.507 e. The minimum atomic E-state index is -1.70. The van der Waals surface area contributed by atoms with Gasteiger partial charge in [0.25, 0.3) is 11.5 Å². The summed E-state index contributed by atoms with van der Waals surface area (Å²) >= 11 is 0. The molecule has 2 N–H and O–H groups in total. The third-order valence-electron chi connectivity index (χ3n) is 1.85. The molecule has 0 bridgehead atoms. The first kappa shape index (κ1) is 12.4. The lowest BCUT2D eigenvalue weighted by molar-refractivity contribution is -0.384. The molecule has 0 aliphatic carbocycles. The Morgan fingerprint density at radius 2 is 1.71 bits per heavy atom. The SMILES string of the molecule is O=C(O)C(=O)/C=C(\O)c1ccc([N+](=O)[O-])cc1. The monoisotopic (exact) mass is 237 g/mol. The van der Waals surface area contributed by atoms with Gasteiger partial charge in [0.2, 0.25) is 0 Å². The van der Waals surface area contributed by atoms with E-state index in [-0.39, 0.29) is 11.3 Å². The maximum absolute atomic E-state index is 10.8. The van der Waals surface area contributed by atoms with Crippen LogP contribution in [0.5, 0.6) is 0 Å². The van der Waals surface area contributed by atoms with Crippen LogP contribution in [0.2, 0.25) is 0 Å². The molecule has 0 spiro atoms. The number of carboxylic acids is 1. The summed E-state index contributed by atoms with van der Waals surface area (Å²) in [5, 5.41) is 28.0. The van der Waals surface area contributed by atoms with Crippen molar-refractivity contribution in [1.29, 1.82) is 0 Å². The van der Waals surface area contributed by atoms with Crippen LogP contribution in [-0.2, 0) is 9.59 Å². The predicted octanol–water partition coefficient (Wildman–Crippen LogP) is 1.15. The highest BCUT2D eigenvalue weighted by atomic mass is 16.6. The number of nitrogens with zero attached hydrogens (tertiary/aromatic N) is 1. The Labute approximate surface area is 94.8 Å². The van der Waals surface area contributed by atoms with Crippen LogP contribution in [0.25, 0.3) is 5.76 Å². The summed E-state index contributed by atoms with van der Waals surface area (Å²) in [7, 11) is 0. The second-order valence-electron chi connectivity index (χ2n) is 3.00. The molecule has 0 saturated carbocycles. The van der Waals surface area contributed by atoms with Crippen molar-refractivity contribution in [3.05, 3.63) is 46.0 Å². The Bertz CT molecular complexity index is 502. The average molecular weight is 237 g/mol. The summed E-state index contributed by atoms with van der Waals surface area (Å²) in [6, 6.07) is 4.67. The summed E-state index contributed by atoms with van der Waals surface area (Å²) in [5.74, 6) is -3.54. The molecular weight excluding hydrogens is 230 g/mol. The number of aliphatic carboxylic acids is 1. The molecule has 1 rings (SSSR count). The van der Waals surface area contributed by atoms with Crippen LogP contribution in [0.3, 0.4) is 0 Å². The van der Waals surface area contributed by atoms with Crippen LogP contribution in [0.1, 0.15) is 5.56 Å². The third-order valence-corrected chi connectivity index (χ3v) is 1.85. The van der Waals surface area contributed by atoms with Crippen LogP contribution in [-0.4, -0.2) is 26.9 Å². The Balaban J connectivity index is 2.97. The second kappa shape index (κ2) is 4.88. The molecule has 0 atom stereocenters. The largest absolute Gasteiger partial charge is 0.507 e. The topological polar surface area (TPSA) is 118 Å². The molecule has 0 radical (unpaired) electrons. The van der Waals surface area contributed by atoms with Crippen LogP contribution in [0.4, 0.5) is 5.69 Å². The molecule has 0 aromatic heterocycles. The zero-order chi connectivity index (χ0) is 13.0. The number of carbonyl (C=O) groups excluding carboxylic acids is 1. The van der Waals surface area contributed by atoms with E-state index >= 15 is 0 Å². The highest BCUT2D eigenvalue weighted by Gasteiger charge is 2.11. The third kappa shape index (κ3) is 3.13. The highest BCUT2D eigenvalue weighted by Crippen LogP contribution is 2.16. The van der Waals surface area contributed by atoms with Crippen molar-refractivity contribution in [3.63, 3.8) is 0 Å². The van der Waals surface area contributed by atoms with Crippen molar-refractivity contribution in [2.24, 2.45) is 0 Å². The van der Waals surface area contributed by atoms with E-state index in [9.17, 15) is 24.8 Å². The standard InChI is InChI=1S/C10H7NO6/c12-8(5-9(13)10(14)15)6-1-3-7(4-2-6)11(16)17/h1-5,12H,(H,14,15)/b8-5-. The molecule has 7 heteroatoms. The summed E-state index contributed by atoms with van der Waals surface area (Å²) in [6.07, 6.45) is 0.531. The molecule has 0 unspecified atom stereocenters. The van der Waals surface area contributed by atoms with Gasteiger partial charge < -0.3 is 10.2 Å². The smallest absolute Gasteiger partial charge is 0.376 e. The minimum absolute atomic E-state index is 0.116. The van der Waals surface area contributed by atoms with E-state index in [1.165, 1.54) is 12.1 Å². The summed E-state index contributed by atoms with van der Waals surface area (Å²) in [5.41, 5.74) is -0.0590. The van der Waals surface area contributed by atoms with Gasteiger partial charge in [-0.05, 0) is 12.1 Å². The number of nitro benzene ring substituents is 1. The number of nitro groups is 1. The summed E-state index contributed by atoms with van der Waals surface area (Å²) in [6.45, 7) is 0. The van der Waals surface area contributed by atoms with Crippen molar-refractivity contribution >= 4 is 23.2 Å². The van der Waals surface area contributed by atoms with Gasteiger partial charge in [0.15, 0.2) is 0 Å². The lowest BCUT2D eigenvalue weighted by Crippen LogP contribution is -2.09. The van der Waals surface area contributed by atoms with Gasteiger partial charge in [-0.3, -0.25) is 14.9 Å². The Kier molecular flexibility index (Phi) is 3.55. The number of hydrogen-bond donors (Lipinski definition) is 2. The van der Waals surface area contributed by atoms with Crippen molar-refractivity contribution in [3.8, 4) is 0 Å². The maximum atomic E-state index is 10.8. The zero-order valence-electron chi connectivity index (χ0n) is 8.36. The fourth-order valence-corrected chi connectivity index (χ4v) is 1.02. The normalized spacial score (nSPS) is 10.9. The Morgan fingerprint density at radius 1 is 1.18 bits per heavy atom.